The van der Waals surface area contributed by atoms with Crippen LogP contribution >= 0.6 is 0 Å². The Morgan fingerprint density at radius 1 is 1.13 bits per heavy atom. The van der Waals surface area contributed by atoms with Gasteiger partial charge in [-0.05, 0) is 42.2 Å². The van der Waals surface area contributed by atoms with Gasteiger partial charge in [0.2, 0.25) is 5.91 Å². The van der Waals surface area contributed by atoms with Crippen molar-refractivity contribution in [2.45, 2.75) is 25.7 Å². The maximum absolute atomic E-state index is 12.3. The molecule has 0 fully saturated rings. The second-order valence-electron chi connectivity index (χ2n) is 5.43. The lowest BCUT2D eigenvalue weighted by atomic mass is 9.93. The van der Waals surface area contributed by atoms with Crippen molar-refractivity contribution in [3.8, 4) is 5.75 Å². The van der Waals surface area contributed by atoms with Crippen LogP contribution in [0.3, 0.4) is 0 Å². The van der Waals surface area contributed by atoms with E-state index in [2.05, 4.69) is 24.4 Å². The average molecular weight is 312 g/mol. The average Bonchev–Trinajstić information content (AvgIpc) is 2.60. The Morgan fingerprint density at radius 3 is 2.43 bits per heavy atom. The highest BCUT2D eigenvalue weighted by Gasteiger charge is 2.14. The van der Waals surface area contributed by atoms with Crippen LogP contribution in [0.2, 0.25) is 0 Å². The Bertz CT molecular complexity index is 597. The number of benzene rings is 2. The lowest BCUT2D eigenvalue weighted by Gasteiger charge is -2.15. The molecule has 0 saturated carbocycles. The van der Waals surface area contributed by atoms with Crippen LogP contribution in [0.25, 0.3) is 0 Å². The Balaban J connectivity index is 1.91. The van der Waals surface area contributed by atoms with Crippen LogP contribution in [0, 0.1) is 0 Å². The van der Waals surface area contributed by atoms with Gasteiger partial charge in [-0.15, -0.1) is 0 Å². The van der Waals surface area contributed by atoms with Crippen molar-refractivity contribution < 1.29 is 9.53 Å². The first-order chi connectivity index (χ1) is 11.2. The molecule has 122 valence electrons. The fourth-order valence-electron chi connectivity index (χ4n) is 2.47. The van der Waals surface area contributed by atoms with Crippen LogP contribution < -0.4 is 15.8 Å². The molecule has 2 rings (SSSR count). The third kappa shape index (κ3) is 5.42. The van der Waals surface area contributed by atoms with Crippen molar-refractivity contribution >= 4 is 11.6 Å². The molecule has 0 bridgehead atoms. The van der Waals surface area contributed by atoms with E-state index in [4.69, 9.17) is 10.5 Å². The molecule has 4 nitrogen and oxygen atoms in total. The van der Waals surface area contributed by atoms with Crippen molar-refractivity contribution in [2.75, 3.05) is 18.5 Å². The Labute approximate surface area is 137 Å². The first-order valence-corrected chi connectivity index (χ1v) is 8.00. The molecular formula is C19H24N2O2. The zero-order chi connectivity index (χ0) is 16.5. The van der Waals surface area contributed by atoms with E-state index in [1.807, 2.05) is 42.5 Å². The number of carbonyl (C=O) groups is 1. The van der Waals surface area contributed by atoms with Gasteiger partial charge in [-0.1, -0.05) is 37.3 Å². The van der Waals surface area contributed by atoms with Gasteiger partial charge in [0.25, 0.3) is 0 Å². The summed E-state index contributed by atoms with van der Waals surface area (Å²) in [6.07, 6.45) is 1.41. The second-order valence-corrected chi connectivity index (χ2v) is 5.43. The van der Waals surface area contributed by atoms with Crippen molar-refractivity contribution in [3.63, 3.8) is 0 Å². The first kappa shape index (κ1) is 17.0. The number of carbonyl (C=O) groups excluding carboxylic acids is 1. The number of hydrogen-bond acceptors (Lipinski definition) is 3. The molecule has 0 aromatic heterocycles. The lowest BCUT2D eigenvalue weighted by Crippen LogP contribution is -2.15. The number of rotatable bonds is 8. The summed E-state index contributed by atoms with van der Waals surface area (Å²) < 4.78 is 5.42. The van der Waals surface area contributed by atoms with Gasteiger partial charge in [0.05, 0.1) is 0 Å². The van der Waals surface area contributed by atoms with E-state index in [0.717, 1.165) is 17.9 Å². The number of hydrogen-bond donors (Lipinski definition) is 2. The van der Waals surface area contributed by atoms with Crippen LogP contribution in [0.5, 0.6) is 5.75 Å². The summed E-state index contributed by atoms with van der Waals surface area (Å²) in [7, 11) is 0. The van der Waals surface area contributed by atoms with Crippen molar-refractivity contribution in [3.05, 3.63) is 60.2 Å². The minimum Gasteiger partial charge on any atom is -0.492 e. The standard InChI is InChI=1S/C19H24N2O2/c1-2-15(16-6-4-3-5-7-16)14-19(22)21-17-8-10-18(11-9-17)23-13-12-20/h3-11,15H,2,12-14,20H2,1H3,(H,21,22). The van der Waals surface area contributed by atoms with E-state index < -0.39 is 0 Å². The van der Waals surface area contributed by atoms with Gasteiger partial charge in [0.15, 0.2) is 0 Å². The molecule has 3 N–H and O–H groups in total. The van der Waals surface area contributed by atoms with Crippen LogP contribution in [0.15, 0.2) is 54.6 Å². The summed E-state index contributed by atoms with van der Waals surface area (Å²) >= 11 is 0. The molecule has 0 aliphatic carbocycles. The minimum atomic E-state index is 0.0244. The number of amides is 1. The third-order valence-corrected chi connectivity index (χ3v) is 3.72. The van der Waals surface area contributed by atoms with E-state index in [9.17, 15) is 4.79 Å². The molecule has 0 spiro atoms. The molecule has 0 heterocycles. The summed E-state index contributed by atoms with van der Waals surface area (Å²) in [5.41, 5.74) is 7.38. The maximum Gasteiger partial charge on any atom is 0.224 e. The monoisotopic (exact) mass is 312 g/mol. The predicted octanol–water partition coefficient (Wildman–Crippen LogP) is 3.55. The number of nitrogens with two attached hydrogens (primary N) is 1. The van der Waals surface area contributed by atoms with Gasteiger partial charge in [0, 0.05) is 18.7 Å². The summed E-state index contributed by atoms with van der Waals surface area (Å²) in [6, 6.07) is 17.5. The van der Waals surface area contributed by atoms with Gasteiger partial charge < -0.3 is 15.8 Å². The molecule has 1 atom stereocenters. The fraction of sp³-hybridized carbons (Fsp3) is 0.316. The Kier molecular flexibility index (Phi) is 6.63. The highest BCUT2D eigenvalue weighted by molar-refractivity contribution is 5.91. The van der Waals surface area contributed by atoms with E-state index in [-0.39, 0.29) is 11.8 Å². The van der Waals surface area contributed by atoms with Crippen molar-refractivity contribution in [2.24, 2.45) is 5.73 Å². The highest BCUT2D eigenvalue weighted by Crippen LogP contribution is 2.24. The zero-order valence-corrected chi connectivity index (χ0v) is 13.5. The number of anilines is 1. The zero-order valence-electron chi connectivity index (χ0n) is 13.5. The summed E-state index contributed by atoms with van der Waals surface area (Å²) in [5, 5.41) is 2.94. The van der Waals surface area contributed by atoms with Gasteiger partial charge in [-0.3, -0.25) is 4.79 Å². The van der Waals surface area contributed by atoms with Crippen molar-refractivity contribution in [1.82, 2.24) is 0 Å². The number of nitrogens with one attached hydrogen (secondary N) is 1. The molecule has 0 saturated heterocycles. The SMILES string of the molecule is CCC(CC(=O)Nc1ccc(OCCN)cc1)c1ccccc1. The van der Waals surface area contributed by atoms with Gasteiger partial charge in [0.1, 0.15) is 12.4 Å². The van der Waals surface area contributed by atoms with Crippen LogP contribution in [0.1, 0.15) is 31.2 Å². The van der Waals surface area contributed by atoms with Crippen LogP contribution in [-0.2, 0) is 4.79 Å². The van der Waals surface area contributed by atoms with Gasteiger partial charge >= 0.3 is 0 Å². The van der Waals surface area contributed by atoms with E-state index in [0.29, 0.717) is 19.6 Å². The maximum atomic E-state index is 12.3. The van der Waals surface area contributed by atoms with Crippen molar-refractivity contribution in [1.29, 1.82) is 0 Å². The topological polar surface area (TPSA) is 64.3 Å². The second kappa shape index (κ2) is 8.96. The van der Waals surface area contributed by atoms with Gasteiger partial charge in [-0.2, -0.15) is 0 Å². The molecule has 2 aromatic rings. The lowest BCUT2D eigenvalue weighted by molar-refractivity contribution is -0.116. The minimum absolute atomic E-state index is 0.0244. The molecule has 1 amide bonds. The Morgan fingerprint density at radius 2 is 1.83 bits per heavy atom. The van der Waals surface area contributed by atoms with E-state index in [1.54, 1.807) is 0 Å². The first-order valence-electron chi connectivity index (χ1n) is 8.00. The summed E-state index contributed by atoms with van der Waals surface area (Å²) in [4.78, 5) is 12.3. The Hall–Kier alpha value is -2.33. The highest BCUT2D eigenvalue weighted by atomic mass is 16.5. The predicted molar refractivity (Wildman–Crippen MR) is 93.7 cm³/mol. The smallest absolute Gasteiger partial charge is 0.224 e. The third-order valence-electron chi connectivity index (χ3n) is 3.72. The molecular weight excluding hydrogens is 288 g/mol. The molecule has 23 heavy (non-hydrogen) atoms. The molecule has 2 aromatic carbocycles. The van der Waals surface area contributed by atoms with Crippen LogP contribution in [-0.4, -0.2) is 19.1 Å². The molecule has 4 heteroatoms. The summed E-state index contributed by atoms with van der Waals surface area (Å²) in [5.74, 6) is 1.02. The normalized spacial score (nSPS) is 11.7. The number of ether oxygens (including phenoxy) is 1. The van der Waals surface area contributed by atoms with Gasteiger partial charge in [-0.25, -0.2) is 0 Å². The molecule has 0 aliphatic rings. The van der Waals surface area contributed by atoms with E-state index in [1.165, 1.54) is 5.56 Å². The van der Waals surface area contributed by atoms with E-state index >= 15 is 0 Å². The quantitative estimate of drug-likeness (QED) is 0.783. The van der Waals surface area contributed by atoms with Crippen LogP contribution in [0.4, 0.5) is 5.69 Å². The molecule has 1 unspecified atom stereocenters. The summed E-state index contributed by atoms with van der Waals surface area (Å²) in [6.45, 7) is 3.08. The fourth-order valence-corrected chi connectivity index (χ4v) is 2.47. The largest absolute Gasteiger partial charge is 0.492 e. The molecule has 0 aliphatic heterocycles. The molecule has 0 radical (unpaired) electrons.